The van der Waals surface area contributed by atoms with Crippen molar-refractivity contribution in [1.82, 2.24) is 0 Å². The van der Waals surface area contributed by atoms with Crippen molar-refractivity contribution in [2.75, 3.05) is 18.7 Å². The minimum Gasteiger partial charge on any atom is -0.289 e. The Morgan fingerprint density at radius 1 is 0.880 bits per heavy atom. The Kier molecular flexibility index (Phi) is 5.26. The molecule has 0 saturated heterocycles. The van der Waals surface area contributed by atoms with Crippen LogP contribution in [0.25, 0.3) is 11.1 Å². The van der Waals surface area contributed by atoms with E-state index in [1.165, 1.54) is 0 Å². The van der Waals surface area contributed by atoms with Crippen molar-refractivity contribution in [2.24, 2.45) is 0 Å². The fraction of sp³-hybridized carbons (Fsp3) is 0.136. The van der Waals surface area contributed by atoms with Crippen LogP contribution in [0.5, 0.6) is 0 Å². The number of rotatable bonds is 6. The highest BCUT2D eigenvalue weighted by Gasteiger charge is 2.14. The summed E-state index contributed by atoms with van der Waals surface area (Å²) in [7, 11) is 1.88. The van der Waals surface area contributed by atoms with E-state index in [0.29, 0.717) is 17.7 Å². The lowest BCUT2D eigenvalue weighted by Crippen LogP contribution is -2.17. The fourth-order valence-electron chi connectivity index (χ4n) is 2.80. The zero-order valence-electron chi connectivity index (χ0n) is 14.5. The molecule has 0 aliphatic carbocycles. The van der Waals surface area contributed by atoms with E-state index >= 15 is 0 Å². The Morgan fingerprint density at radius 2 is 1.52 bits per heavy atom. The molecule has 0 aliphatic rings. The van der Waals surface area contributed by atoms with Crippen molar-refractivity contribution in [1.29, 1.82) is 0 Å². The molecule has 0 aromatic heterocycles. The van der Waals surface area contributed by atoms with Gasteiger partial charge in [-0.15, -0.1) is 0 Å². The maximum absolute atomic E-state index is 12.9. The first kappa shape index (κ1) is 16.9. The van der Waals surface area contributed by atoms with Gasteiger partial charge in [0.1, 0.15) is 0 Å². The first-order chi connectivity index (χ1) is 12.2. The van der Waals surface area contributed by atoms with Gasteiger partial charge < -0.3 is 0 Å². The predicted octanol–water partition coefficient (Wildman–Crippen LogP) is 4.97. The molecule has 0 atom stereocenters. The van der Waals surface area contributed by atoms with Crippen molar-refractivity contribution in [3.8, 4) is 11.1 Å². The highest BCUT2D eigenvalue weighted by Crippen LogP contribution is 2.27. The molecule has 0 saturated carbocycles. The first-order valence-corrected chi connectivity index (χ1v) is 8.36. The topological polar surface area (TPSA) is 29.5 Å². The van der Waals surface area contributed by atoms with E-state index in [1.807, 2.05) is 92.8 Å². The van der Waals surface area contributed by atoms with Gasteiger partial charge >= 0.3 is 0 Å². The summed E-state index contributed by atoms with van der Waals surface area (Å²) in [4.78, 5) is 18.3. The SMILES string of the molecule is CCON(C)c1ccc(-c2ccccc2C(=O)c2ccccc2)cc1. The Morgan fingerprint density at radius 3 is 2.20 bits per heavy atom. The van der Waals surface area contributed by atoms with Crippen LogP contribution in [-0.4, -0.2) is 19.4 Å². The molecule has 0 N–H and O–H groups in total. The molecule has 0 radical (unpaired) electrons. The van der Waals surface area contributed by atoms with Crippen molar-refractivity contribution >= 4 is 11.5 Å². The molecular formula is C22H21NO2. The van der Waals surface area contributed by atoms with Crippen LogP contribution in [0.1, 0.15) is 22.8 Å². The maximum atomic E-state index is 12.9. The highest BCUT2D eigenvalue weighted by molar-refractivity contribution is 6.12. The lowest BCUT2D eigenvalue weighted by molar-refractivity contribution is 0.103. The summed E-state index contributed by atoms with van der Waals surface area (Å²) in [6.07, 6.45) is 0. The van der Waals surface area contributed by atoms with Gasteiger partial charge in [-0.05, 0) is 30.2 Å². The van der Waals surface area contributed by atoms with E-state index in [4.69, 9.17) is 4.84 Å². The molecule has 3 rings (SSSR count). The molecule has 3 aromatic rings. The number of hydrogen-bond acceptors (Lipinski definition) is 3. The third kappa shape index (κ3) is 3.78. The van der Waals surface area contributed by atoms with Crippen molar-refractivity contribution in [3.63, 3.8) is 0 Å². The van der Waals surface area contributed by atoms with Crippen molar-refractivity contribution < 1.29 is 9.63 Å². The Labute approximate surface area is 148 Å². The molecule has 0 aliphatic heterocycles. The van der Waals surface area contributed by atoms with Gasteiger partial charge in [0.25, 0.3) is 0 Å². The number of nitrogens with zero attached hydrogens (tertiary/aromatic N) is 1. The Hall–Kier alpha value is -2.91. The standard InChI is InChI=1S/C22H21NO2/c1-3-25-23(2)19-15-13-17(14-16-19)20-11-7-8-12-21(20)22(24)18-9-5-4-6-10-18/h4-16H,3H2,1-2H3. The Bertz CT molecular complexity index is 841. The van der Waals surface area contributed by atoms with E-state index in [-0.39, 0.29) is 5.78 Å². The smallest absolute Gasteiger partial charge is 0.193 e. The molecule has 0 bridgehead atoms. The van der Waals surface area contributed by atoms with Crippen LogP contribution in [0.15, 0.2) is 78.9 Å². The molecule has 0 amide bonds. The molecule has 0 fully saturated rings. The summed E-state index contributed by atoms with van der Waals surface area (Å²) in [5.41, 5.74) is 4.32. The molecule has 0 spiro atoms. The molecule has 3 heteroatoms. The largest absolute Gasteiger partial charge is 0.289 e. The summed E-state index contributed by atoms with van der Waals surface area (Å²) in [5.74, 6) is 0.0340. The minimum atomic E-state index is 0.0340. The quantitative estimate of drug-likeness (QED) is 0.472. The van der Waals surface area contributed by atoms with E-state index in [0.717, 1.165) is 16.8 Å². The third-order valence-electron chi connectivity index (χ3n) is 4.07. The fourth-order valence-corrected chi connectivity index (χ4v) is 2.80. The molecule has 0 unspecified atom stereocenters. The van der Waals surface area contributed by atoms with Crippen LogP contribution in [0.2, 0.25) is 0 Å². The molecule has 25 heavy (non-hydrogen) atoms. The zero-order valence-corrected chi connectivity index (χ0v) is 14.5. The average Bonchev–Trinajstić information content (AvgIpc) is 2.68. The predicted molar refractivity (Wildman–Crippen MR) is 102 cm³/mol. The second kappa shape index (κ2) is 7.77. The van der Waals surface area contributed by atoms with Crippen molar-refractivity contribution in [3.05, 3.63) is 90.0 Å². The van der Waals surface area contributed by atoms with E-state index in [2.05, 4.69) is 0 Å². The second-order valence-electron chi connectivity index (χ2n) is 5.70. The summed E-state index contributed by atoms with van der Waals surface area (Å²) in [6.45, 7) is 2.57. The molecule has 3 aromatic carbocycles. The van der Waals surface area contributed by atoms with Crippen molar-refractivity contribution in [2.45, 2.75) is 6.92 Å². The van der Waals surface area contributed by atoms with Crippen LogP contribution >= 0.6 is 0 Å². The van der Waals surface area contributed by atoms with Gasteiger partial charge in [0.2, 0.25) is 0 Å². The van der Waals surface area contributed by atoms with Crippen LogP contribution in [0, 0.1) is 0 Å². The highest BCUT2D eigenvalue weighted by atomic mass is 16.7. The molecule has 126 valence electrons. The van der Waals surface area contributed by atoms with Crippen LogP contribution in [0.4, 0.5) is 5.69 Å². The van der Waals surface area contributed by atoms with Gasteiger partial charge in [-0.25, -0.2) is 0 Å². The van der Waals surface area contributed by atoms with Gasteiger partial charge in [-0.1, -0.05) is 66.7 Å². The van der Waals surface area contributed by atoms with E-state index in [1.54, 1.807) is 5.06 Å². The third-order valence-corrected chi connectivity index (χ3v) is 4.07. The number of hydroxylamine groups is 1. The first-order valence-electron chi connectivity index (χ1n) is 8.36. The maximum Gasteiger partial charge on any atom is 0.193 e. The summed E-state index contributed by atoms with van der Waals surface area (Å²) < 4.78 is 0. The summed E-state index contributed by atoms with van der Waals surface area (Å²) >= 11 is 0. The molecular weight excluding hydrogens is 310 g/mol. The van der Waals surface area contributed by atoms with Gasteiger partial charge in [-0.3, -0.25) is 14.7 Å². The minimum absolute atomic E-state index is 0.0340. The number of benzene rings is 3. The van der Waals surface area contributed by atoms with Crippen LogP contribution < -0.4 is 5.06 Å². The van der Waals surface area contributed by atoms with Crippen LogP contribution in [-0.2, 0) is 4.84 Å². The average molecular weight is 331 g/mol. The lowest BCUT2D eigenvalue weighted by Gasteiger charge is -2.18. The second-order valence-corrected chi connectivity index (χ2v) is 5.70. The Balaban J connectivity index is 1.95. The van der Waals surface area contributed by atoms with E-state index < -0.39 is 0 Å². The summed E-state index contributed by atoms with van der Waals surface area (Å²) in [6, 6.07) is 25.1. The zero-order chi connectivity index (χ0) is 17.6. The molecule has 0 heterocycles. The number of carbonyl (C=O) groups is 1. The van der Waals surface area contributed by atoms with Gasteiger partial charge in [0.05, 0.1) is 12.3 Å². The number of anilines is 1. The molecule has 3 nitrogen and oxygen atoms in total. The normalized spacial score (nSPS) is 10.5. The number of hydrogen-bond donors (Lipinski definition) is 0. The number of ketones is 1. The monoisotopic (exact) mass is 331 g/mol. The number of carbonyl (C=O) groups excluding carboxylic acids is 1. The van der Waals surface area contributed by atoms with E-state index in [9.17, 15) is 4.79 Å². The van der Waals surface area contributed by atoms with Gasteiger partial charge in [0, 0.05) is 18.2 Å². The summed E-state index contributed by atoms with van der Waals surface area (Å²) in [5, 5.41) is 1.74. The lowest BCUT2D eigenvalue weighted by atomic mass is 9.94. The van der Waals surface area contributed by atoms with Crippen LogP contribution in [0.3, 0.4) is 0 Å². The van der Waals surface area contributed by atoms with Gasteiger partial charge in [0.15, 0.2) is 5.78 Å². The van der Waals surface area contributed by atoms with Gasteiger partial charge in [-0.2, -0.15) is 0 Å².